The molecule has 21 heavy (non-hydrogen) atoms. The monoisotopic (exact) mass is 294 g/mol. The van der Waals surface area contributed by atoms with Crippen LogP contribution in [-0.4, -0.2) is 35.7 Å². The van der Waals surface area contributed by atoms with Crippen LogP contribution in [0.2, 0.25) is 0 Å². The van der Waals surface area contributed by atoms with Gasteiger partial charge in [0.2, 0.25) is 0 Å². The van der Waals surface area contributed by atoms with Crippen molar-refractivity contribution in [2.45, 2.75) is 25.8 Å². The van der Waals surface area contributed by atoms with E-state index in [4.69, 9.17) is 4.74 Å². The van der Waals surface area contributed by atoms with Crippen LogP contribution >= 0.6 is 0 Å². The zero-order valence-electron chi connectivity index (χ0n) is 12.0. The number of carboxylic acids is 1. The van der Waals surface area contributed by atoms with E-state index in [9.17, 15) is 20.0 Å². The number of methoxy groups -OCH3 is 1. The summed E-state index contributed by atoms with van der Waals surface area (Å²) < 4.78 is 5.07. The topological polar surface area (TPSA) is 92.9 Å². The number of nitro benzene ring substituents is 1. The average molecular weight is 294 g/mol. The maximum Gasteiger partial charge on any atom is 0.326 e. The molecule has 7 heteroatoms. The van der Waals surface area contributed by atoms with E-state index in [1.807, 2.05) is 6.92 Å². The minimum atomic E-state index is -0.910. The fourth-order valence-corrected chi connectivity index (χ4v) is 2.64. The van der Waals surface area contributed by atoms with E-state index in [0.717, 1.165) is 6.42 Å². The van der Waals surface area contributed by atoms with Gasteiger partial charge in [-0.05, 0) is 18.8 Å². The molecule has 0 aromatic heterocycles. The van der Waals surface area contributed by atoms with Crippen molar-refractivity contribution in [1.82, 2.24) is 0 Å². The van der Waals surface area contributed by atoms with Crippen molar-refractivity contribution in [2.24, 2.45) is 5.92 Å². The van der Waals surface area contributed by atoms with Crippen LogP contribution in [0.3, 0.4) is 0 Å². The molecule has 1 aromatic rings. The lowest BCUT2D eigenvalue weighted by atomic mass is 9.92. The van der Waals surface area contributed by atoms with E-state index in [-0.39, 0.29) is 5.69 Å². The Morgan fingerprint density at radius 3 is 2.76 bits per heavy atom. The molecule has 7 nitrogen and oxygen atoms in total. The lowest BCUT2D eigenvalue weighted by molar-refractivity contribution is -0.384. The van der Waals surface area contributed by atoms with Gasteiger partial charge in [-0.1, -0.05) is 6.92 Å². The quantitative estimate of drug-likeness (QED) is 0.676. The summed E-state index contributed by atoms with van der Waals surface area (Å²) in [6.07, 6.45) is 1.38. The summed E-state index contributed by atoms with van der Waals surface area (Å²) in [6, 6.07) is 3.69. The van der Waals surface area contributed by atoms with Gasteiger partial charge >= 0.3 is 5.97 Å². The van der Waals surface area contributed by atoms with Crippen LogP contribution in [0.4, 0.5) is 11.4 Å². The van der Waals surface area contributed by atoms with E-state index >= 15 is 0 Å². The van der Waals surface area contributed by atoms with Gasteiger partial charge < -0.3 is 14.7 Å². The molecule has 1 saturated heterocycles. The van der Waals surface area contributed by atoms with Crippen LogP contribution in [-0.2, 0) is 4.79 Å². The molecule has 1 aromatic carbocycles. The second-order valence-corrected chi connectivity index (χ2v) is 5.32. The SMILES string of the molecule is COc1cc(N2CCC(C)CC2C(=O)O)cc([N+](=O)[O-])c1. The van der Waals surface area contributed by atoms with Crippen LogP contribution in [0.1, 0.15) is 19.8 Å². The zero-order chi connectivity index (χ0) is 15.6. The van der Waals surface area contributed by atoms with E-state index in [1.54, 1.807) is 11.0 Å². The van der Waals surface area contributed by atoms with Crippen LogP contribution in [0.15, 0.2) is 18.2 Å². The van der Waals surface area contributed by atoms with Gasteiger partial charge in [0.05, 0.1) is 18.1 Å². The Kier molecular flexibility index (Phi) is 4.30. The molecule has 0 spiro atoms. The van der Waals surface area contributed by atoms with E-state index in [2.05, 4.69) is 0 Å². The highest BCUT2D eigenvalue weighted by atomic mass is 16.6. The molecular formula is C14H18N2O5. The Balaban J connectivity index is 2.41. The number of rotatable bonds is 4. The number of nitrogens with zero attached hydrogens (tertiary/aromatic N) is 2. The summed E-state index contributed by atoms with van der Waals surface area (Å²) in [5.41, 5.74) is 0.410. The number of ether oxygens (including phenoxy) is 1. The highest BCUT2D eigenvalue weighted by molar-refractivity contribution is 5.79. The highest BCUT2D eigenvalue weighted by Crippen LogP contribution is 2.33. The molecule has 1 heterocycles. The molecule has 0 radical (unpaired) electrons. The predicted molar refractivity (Wildman–Crippen MR) is 76.8 cm³/mol. The second kappa shape index (κ2) is 5.99. The largest absolute Gasteiger partial charge is 0.496 e. The van der Waals surface area contributed by atoms with Crippen molar-refractivity contribution in [2.75, 3.05) is 18.6 Å². The summed E-state index contributed by atoms with van der Waals surface area (Å²) in [5.74, 6) is -0.239. The van der Waals surface area contributed by atoms with Gasteiger partial charge in [-0.25, -0.2) is 4.79 Å². The fourth-order valence-electron chi connectivity index (χ4n) is 2.64. The first-order valence-electron chi connectivity index (χ1n) is 6.75. The number of piperidine rings is 1. The number of aliphatic carboxylic acids is 1. The summed E-state index contributed by atoms with van der Waals surface area (Å²) in [7, 11) is 1.43. The smallest absolute Gasteiger partial charge is 0.326 e. The zero-order valence-corrected chi connectivity index (χ0v) is 12.0. The number of non-ortho nitro benzene ring substituents is 1. The number of nitro groups is 1. The molecular weight excluding hydrogens is 276 g/mol. The minimum Gasteiger partial charge on any atom is -0.496 e. The molecule has 2 unspecified atom stereocenters. The summed E-state index contributed by atoms with van der Waals surface area (Å²) in [6.45, 7) is 2.57. The molecule has 2 rings (SSSR count). The third-order valence-corrected chi connectivity index (χ3v) is 3.80. The van der Waals surface area contributed by atoms with Crippen LogP contribution in [0.5, 0.6) is 5.75 Å². The first-order chi connectivity index (χ1) is 9.92. The number of hydrogen-bond acceptors (Lipinski definition) is 5. The molecule has 1 aliphatic rings. The standard InChI is InChI=1S/C14H18N2O5/c1-9-3-4-15(13(5-9)14(17)18)10-6-11(16(19)20)8-12(7-10)21-2/h6-9,13H,3-5H2,1-2H3,(H,17,18). The van der Waals surface area contributed by atoms with E-state index in [1.165, 1.54) is 19.2 Å². The van der Waals surface area contributed by atoms with Gasteiger partial charge in [-0.15, -0.1) is 0 Å². The fraction of sp³-hybridized carbons (Fsp3) is 0.500. The second-order valence-electron chi connectivity index (χ2n) is 5.32. The number of anilines is 1. The van der Waals surface area contributed by atoms with E-state index < -0.39 is 16.9 Å². The molecule has 0 aliphatic carbocycles. The Labute approximate surface area is 122 Å². The van der Waals surface area contributed by atoms with Gasteiger partial charge in [-0.3, -0.25) is 10.1 Å². The summed E-state index contributed by atoms with van der Waals surface area (Å²) in [4.78, 5) is 23.6. The first-order valence-corrected chi connectivity index (χ1v) is 6.75. The number of carbonyl (C=O) groups is 1. The van der Waals surface area contributed by atoms with Crippen LogP contribution in [0.25, 0.3) is 0 Å². The normalized spacial score (nSPS) is 21.9. The maximum absolute atomic E-state index is 11.5. The Morgan fingerprint density at radius 2 is 2.19 bits per heavy atom. The molecule has 0 saturated carbocycles. The van der Waals surface area contributed by atoms with E-state index in [0.29, 0.717) is 30.3 Å². The maximum atomic E-state index is 11.5. The molecule has 2 atom stereocenters. The number of carboxylic acid groups (broad SMARTS) is 1. The Hall–Kier alpha value is -2.31. The van der Waals surface area contributed by atoms with Gasteiger partial charge in [0.15, 0.2) is 0 Å². The average Bonchev–Trinajstić information content (AvgIpc) is 2.46. The third-order valence-electron chi connectivity index (χ3n) is 3.80. The van der Waals surface area contributed by atoms with Gasteiger partial charge in [0.25, 0.3) is 5.69 Å². The molecule has 1 fully saturated rings. The molecule has 0 bridgehead atoms. The van der Waals surface area contributed by atoms with Crippen molar-refractivity contribution >= 4 is 17.3 Å². The van der Waals surface area contributed by atoms with Crippen molar-refractivity contribution in [1.29, 1.82) is 0 Å². The van der Waals surface area contributed by atoms with Gasteiger partial charge in [0.1, 0.15) is 11.8 Å². The Bertz CT molecular complexity index is 560. The van der Waals surface area contributed by atoms with Crippen molar-refractivity contribution in [3.63, 3.8) is 0 Å². The minimum absolute atomic E-state index is 0.105. The lowest BCUT2D eigenvalue weighted by Gasteiger charge is -2.37. The van der Waals surface area contributed by atoms with Gasteiger partial charge in [0, 0.05) is 24.4 Å². The number of hydrogen-bond donors (Lipinski definition) is 1. The van der Waals surface area contributed by atoms with Crippen LogP contribution < -0.4 is 9.64 Å². The Morgan fingerprint density at radius 1 is 1.48 bits per heavy atom. The summed E-state index contributed by atoms with van der Waals surface area (Å²) >= 11 is 0. The molecule has 1 aliphatic heterocycles. The molecule has 1 N–H and O–H groups in total. The first kappa shape index (κ1) is 15.1. The number of benzene rings is 1. The van der Waals surface area contributed by atoms with Crippen molar-refractivity contribution < 1.29 is 19.6 Å². The molecule has 114 valence electrons. The third kappa shape index (κ3) is 3.24. The van der Waals surface area contributed by atoms with Crippen molar-refractivity contribution in [3.8, 4) is 5.75 Å². The highest BCUT2D eigenvalue weighted by Gasteiger charge is 2.32. The molecule has 0 amide bonds. The summed E-state index contributed by atoms with van der Waals surface area (Å²) in [5, 5.41) is 20.4. The van der Waals surface area contributed by atoms with Crippen LogP contribution in [0, 0.1) is 16.0 Å². The lowest BCUT2D eigenvalue weighted by Crippen LogP contribution is -2.47. The van der Waals surface area contributed by atoms with Crippen molar-refractivity contribution in [3.05, 3.63) is 28.3 Å². The predicted octanol–water partition coefficient (Wildman–Crippen LogP) is 2.29. The van der Waals surface area contributed by atoms with Gasteiger partial charge in [-0.2, -0.15) is 0 Å².